The molecular weight excluding hydrogens is 296 g/mol. The average Bonchev–Trinajstić information content (AvgIpc) is 3.11. The maximum atomic E-state index is 11.3. The van der Waals surface area contributed by atoms with Crippen LogP contribution in [0.3, 0.4) is 0 Å². The number of halogens is 1. The summed E-state index contributed by atoms with van der Waals surface area (Å²) in [6.45, 7) is 1.98. The fourth-order valence-corrected chi connectivity index (χ4v) is 2.47. The molecule has 1 saturated carbocycles. The number of rotatable bonds is 5. The number of hydrogen-bond acceptors (Lipinski definition) is 6. The van der Waals surface area contributed by atoms with E-state index in [-0.39, 0.29) is 28.5 Å². The van der Waals surface area contributed by atoms with E-state index >= 15 is 0 Å². The lowest BCUT2D eigenvalue weighted by molar-refractivity contribution is -0.385. The summed E-state index contributed by atoms with van der Waals surface area (Å²) in [6, 6.07) is 3.84. The summed E-state index contributed by atoms with van der Waals surface area (Å²) in [5.74, 6) is 0.986. The highest BCUT2D eigenvalue weighted by atomic mass is 35.5. The van der Waals surface area contributed by atoms with Crippen LogP contribution in [-0.4, -0.2) is 20.9 Å². The number of anilines is 1. The second kappa shape index (κ2) is 5.33. The molecule has 1 aliphatic carbocycles. The first-order valence-electron chi connectivity index (χ1n) is 6.54. The minimum absolute atomic E-state index is 0.0122. The number of aromatic nitrogens is 2. The van der Waals surface area contributed by atoms with Gasteiger partial charge in [0.15, 0.2) is 0 Å². The highest BCUT2D eigenvalue weighted by molar-refractivity contribution is 6.28. The van der Waals surface area contributed by atoms with Gasteiger partial charge in [-0.15, -0.1) is 0 Å². The third kappa shape index (κ3) is 2.82. The van der Waals surface area contributed by atoms with Gasteiger partial charge in [-0.2, -0.15) is 4.98 Å². The second-order valence-electron chi connectivity index (χ2n) is 4.95. The number of hydrogen-bond donors (Lipinski definition) is 0. The first-order valence-corrected chi connectivity index (χ1v) is 6.91. The highest BCUT2D eigenvalue weighted by Gasteiger charge is 2.36. The van der Waals surface area contributed by atoms with E-state index in [4.69, 9.17) is 16.0 Å². The molecule has 2 aromatic rings. The van der Waals surface area contributed by atoms with Crippen molar-refractivity contribution in [3.8, 4) is 0 Å². The van der Waals surface area contributed by atoms with E-state index in [0.29, 0.717) is 6.54 Å². The molecule has 0 aliphatic heterocycles. The quantitative estimate of drug-likeness (QED) is 0.479. The van der Waals surface area contributed by atoms with Crippen LogP contribution in [0, 0.1) is 17.0 Å². The van der Waals surface area contributed by atoms with Gasteiger partial charge in [-0.1, -0.05) is 0 Å². The standard InChI is InChI=1S/C13H13ClN4O3/c1-8-11(18(19)20)12(16-13(14)15-8)17(9-4-5-9)7-10-3-2-6-21-10/h2-3,6,9H,4-5,7H2,1H3. The molecule has 3 rings (SSSR count). The SMILES string of the molecule is Cc1nc(Cl)nc(N(Cc2ccco2)C2CC2)c1[N+](=O)[O-]. The lowest BCUT2D eigenvalue weighted by Crippen LogP contribution is -2.27. The van der Waals surface area contributed by atoms with Crippen molar-refractivity contribution in [3.63, 3.8) is 0 Å². The van der Waals surface area contributed by atoms with Crippen LogP contribution < -0.4 is 4.90 Å². The summed E-state index contributed by atoms with van der Waals surface area (Å²) in [5.41, 5.74) is 0.165. The molecule has 0 spiro atoms. The van der Waals surface area contributed by atoms with E-state index < -0.39 is 4.92 Å². The van der Waals surface area contributed by atoms with Crippen LogP contribution in [0.25, 0.3) is 0 Å². The maximum Gasteiger partial charge on any atom is 0.332 e. The first kappa shape index (κ1) is 13.8. The van der Waals surface area contributed by atoms with Crippen LogP contribution in [0.2, 0.25) is 5.28 Å². The van der Waals surface area contributed by atoms with E-state index in [1.165, 1.54) is 0 Å². The molecule has 0 aromatic carbocycles. The molecule has 7 nitrogen and oxygen atoms in total. The normalized spacial score (nSPS) is 14.2. The van der Waals surface area contributed by atoms with Crippen LogP contribution in [0.15, 0.2) is 22.8 Å². The van der Waals surface area contributed by atoms with Crippen LogP contribution in [0.4, 0.5) is 11.5 Å². The van der Waals surface area contributed by atoms with Gasteiger partial charge in [0, 0.05) is 6.04 Å². The first-order chi connectivity index (χ1) is 10.1. The minimum Gasteiger partial charge on any atom is -0.467 e. The maximum absolute atomic E-state index is 11.3. The van der Waals surface area contributed by atoms with Gasteiger partial charge in [-0.3, -0.25) is 10.1 Å². The van der Waals surface area contributed by atoms with Crippen LogP contribution in [0.5, 0.6) is 0 Å². The molecule has 1 aliphatic rings. The van der Waals surface area contributed by atoms with Gasteiger partial charge < -0.3 is 9.32 Å². The van der Waals surface area contributed by atoms with Crippen molar-refractivity contribution >= 4 is 23.1 Å². The number of nitrogens with zero attached hydrogens (tertiary/aromatic N) is 4. The highest BCUT2D eigenvalue weighted by Crippen LogP contribution is 2.38. The summed E-state index contributed by atoms with van der Waals surface area (Å²) in [4.78, 5) is 20.7. The van der Waals surface area contributed by atoms with E-state index in [0.717, 1.165) is 18.6 Å². The minimum atomic E-state index is -0.460. The van der Waals surface area contributed by atoms with Gasteiger partial charge in [0.2, 0.25) is 11.1 Å². The molecule has 0 unspecified atom stereocenters. The van der Waals surface area contributed by atoms with E-state index in [1.54, 1.807) is 19.3 Å². The van der Waals surface area contributed by atoms with Crippen molar-refractivity contribution in [1.82, 2.24) is 9.97 Å². The van der Waals surface area contributed by atoms with Crippen molar-refractivity contribution in [1.29, 1.82) is 0 Å². The Labute approximate surface area is 125 Å². The molecule has 0 N–H and O–H groups in total. The molecule has 2 aromatic heterocycles. The Kier molecular flexibility index (Phi) is 3.50. The number of aryl methyl sites for hydroxylation is 1. The molecule has 110 valence electrons. The van der Waals surface area contributed by atoms with Gasteiger partial charge in [-0.25, -0.2) is 4.98 Å². The smallest absolute Gasteiger partial charge is 0.332 e. The third-order valence-corrected chi connectivity index (χ3v) is 3.53. The van der Waals surface area contributed by atoms with Crippen molar-refractivity contribution in [2.24, 2.45) is 0 Å². The summed E-state index contributed by atoms with van der Waals surface area (Å²) in [6.07, 6.45) is 3.52. The molecule has 1 fully saturated rings. The topological polar surface area (TPSA) is 85.3 Å². The van der Waals surface area contributed by atoms with Crippen molar-refractivity contribution in [2.45, 2.75) is 32.4 Å². The fraction of sp³-hybridized carbons (Fsp3) is 0.385. The Morgan fingerprint density at radius 3 is 2.86 bits per heavy atom. The predicted molar refractivity (Wildman–Crippen MR) is 76.3 cm³/mol. The van der Waals surface area contributed by atoms with E-state index in [9.17, 15) is 10.1 Å². The molecule has 0 saturated heterocycles. The summed E-state index contributed by atoms with van der Waals surface area (Å²) >= 11 is 5.88. The van der Waals surface area contributed by atoms with Crippen molar-refractivity contribution < 1.29 is 9.34 Å². The van der Waals surface area contributed by atoms with Gasteiger partial charge in [0.1, 0.15) is 11.5 Å². The molecule has 0 atom stereocenters. The Balaban J connectivity index is 2.04. The molecule has 21 heavy (non-hydrogen) atoms. The number of furan rings is 1. The largest absolute Gasteiger partial charge is 0.467 e. The molecule has 0 bridgehead atoms. The summed E-state index contributed by atoms with van der Waals surface area (Å²) in [5, 5.41) is 11.3. The third-order valence-electron chi connectivity index (χ3n) is 3.36. The lowest BCUT2D eigenvalue weighted by Gasteiger charge is -2.22. The van der Waals surface area contributed by atoms with Gasteiger partial charge in [-0.05, 0) is 43.5 Å². The zero-order chi connectivity index (χ0) is 15.0. The Morgan fingerprint density at radius 2 is 2.29 bits per heavy atom. The molecular formula is C13H13ClN4O3. The monoisotopic (exact) mass is 308 g/mol. The Bertz CT molecular complexity index is 670. The second-order valence-corrected chi connectivity index (χ2v) is 5.28. The van der Waals surface area contributed by atoms with Crippen LogP contribution in [0.1, 0.15) is 24.3 Å². The Hall–Kier alpha value is -2.15. The molecule has 0 amide bonds. The predicted octanol–water partition coefficient (Wildman–Crippen LogP) is 3.11. The van der Waals surface area contributed by atoms with Crippen molar-refractivity contribution in [3.05, 3.63) is 45.2 Å². The lowest BCUT2D eigenvalue weighted by atomic mass is 10.3. The van der Waals surface area contributed by atoms with Crippen molar-refractivity contribution in [2.75, 3.05) is 4.90 Å². The van der Waals surface area contributed by atoms with Gasteiger partial charge in [0.25, 0.3) is 0 Å². The zero-order valence-electron chi connectivity index (χ0n) is 11.3. The molecule has 0 radical (unpaired) electrons. The van der Waals surface area contributed by atoms with Crippen LogP contribution >= 0.6 is 11.6 Å². The fourth-order valence-electron chi connectivity index (χ4n) is 2.27. The Morgan fingerprint density at radius 1 is 1.52 bits per heavy atom. The molecule has 8 heteroatoms. The van der Waals surface area contributed by atoms with E-state index in [2.05, 4.69) is 9.97 Å². The van der Waals surface area contributed by atoms with Gasteiger partial charge in [0.05, 0.1) is 17.7 Å². The van der Waals surface area contributed by atoms with Crippen LogP contribution in [-0.2, 0) is 6.54 Å². The average molecular weight is 309 g/mol. The zero-order valence-corrected chi connectivity index (χ0v) is 12.1. The summed E-state index contributed by atoms with van der Waals surface area (Å²) < 4.78 is 5.34. The van der Waals surface area contributed by atoms with Gasteiger partial charge >= 0.3 is 5.69 Å². The molecule has 2 heterocycles. The number of nitro groups is 1. The van der Waals surface area contributed by atoms with E-state index in [1.807, 2.05) is 11.0 Å². The summed E-state index contributed by atoms with van der Waals surface area (Å²) in [7, 11) is 0.